The van der Waals surface area contributed by atoms with Gasteiger partial charge in [0.15, 0.2) is 0 Å². The van der Waals surface area contributed by atoms with Gasteiger partial charge in [-0.3, -0.25) is 4.68 Å². The highest BCUT2D eigenvalue weighted by Gasteiger charge is 2.07. The largest absolute Gasteiger partial charge is 0.497 e. The maximum atomic E-state index is 5.29. The minimum Gasteiger partial charge on any atom is -0.497 e. The van der Waals surface area contributed by atoms with Crippen molar-refractivity contribution in [3.05, 3.63) is 40.7 Å². The molecule has 0 fully saturated rings. The average Bonchev–Trinajstić information content (AvgIpc) is 2.85. The van der Waals surface area contributed by atoms with Crippen molar-refractivity contribution in [2.45, 2.75) is 40.2 Å². The number of hydrogen-bond acceptors (Lipinski definition) is 3. The Morgan fingerprint density at radius 3 is 2.37 bits per heavy atom. The first-order valence-corrected chi connectivity index (χ1v) is 6.67. The first-order chi connectivity index (χ1) is 9.13. The lowest BCUT2D eigenvalue weighted by molar-refractivity contribution is 0.414. The van der Waals surface area contributed by atoms with Gasteiger partial charge >= 0.3 is 0 Å². The number of aryl methyl sites for hydroxylation is 4. The Morgan fingerprint density at radius 1 is 1.16 bits per heavy atom. The highest BCUT2D eigenvalue weighted by molar-refractivity contribution is 5.41. The van der Waals surface area contributed by atoms with E-state index in [1.54, 1.807) is 7.11 Å². The molecule has 4 heteroatoms. The van der Waals surface area contributed by atoms with Crippen LogP contribution < -0.4 is 4.74 Å². The molecule has 102 valence electrons. The molecule has 0 spiro atoms. The van der Waals surface area contributed by atoms with Gasteiger partial charge in [-0.2, -0.15) is 0 Å². The maximum absolute atomic E-state index is 5.29. The standard InChI is InChI=1S/C15H21N3O/c1-5-18-10-13(16-17-18)6-7-15-11(2)8-14(19-4)9-12(15)3/h8-10H,5-7H2,1-4H3. The van der Waals surface area contributed by atoms with Crippen LogP contribution in [0.4, 0.5) is 0 Å². The number of aromatic nitrogens is 3. The van der Waals surface area contributed by atoms with E-state index >= 15 is 0 Å². The van der Waals surface area contributed by atoms with E-state index in [4.69, 9.17) is 4.74 Å². The SMILES string of the molecule is CCn1cc(CCc2c(C)cc(OC)cc2C)nn1. The summed E-state index contributed by atoms with van der Waals surface area (Å²) in [4.78, 5) is 0. The molecule has 4 nitrogen and oxygen atoms in total. The summed E-state index contributed by atoms with van der Waals surface area (Å²) in [6.07, 6.45) is 3.94. The maximum Gasteiger partial charge on any atom is 0.119 e. The molecule has 0 aliphatic rings. The van der Waals surface area contributed by atoms with Gasteiger partial charge in [0.2, 0.25) is 0 Å². The van der Waals surface area contributed by atoms with Crippen LogP contribution >= 0.6 is 0 Å². The van der Waals surface area contributed by atoms with E-state index in [-0.39, 0.29) is 0 Å². The van der Waals surface area contributed by atoms with Crippen molar-refractivity contribution in [3.8, 4) is 5.75 Å². The predicted molar refractivity (Wildman–Crippen MR) is 75.6 cm³/mol. The van der Waals surface area contributed by atoms with E-state index < -0.39 is 0 Å². The lowest BCUT2D eigenvalue weighted by atomic mass is 9.97. The monoisotopic (exact) mass is 259 g/mol. The lowest BCUT2D eigenvalue weighted by Gasteiger charge is -2.11. The molecule has 0 amide bonds. The van der Waals surface area contributed by atoms with Crippen molar-refractivity contribution >= 4 is 0 Å². The molecule has 0 aliphatic carbocycles. The molecule has 1 aromatic carbocycles. The van der Waals surface area contributed by atoms with E-state index in [0.29, 0.717) is 0 Å². The second-order valence-electron chi connectivity index (χ2n) is 4.81. The molecule has 0 unspecified atom stereocenters. The topological polar surface area (TPSA) is 39.9 Å². The summed E-state index contributed by atoms with van der Waals surface area (Å²) < 4.78 is 7.15. The molecule has 0 radical (unpaired) electrons. The van der Waals surface area contributed by atoms with Gasteiger partial charge in [-0.25, -0.2) is 0 Å². The van der Waals surface area contributed by atoms with Crippen LogP contribution in [0.3, 0.4) is 0 Å². The van der Waals surface area contributed by atoms with E-state index in [1.807, 2.05) is 10.9 Å². The molecule has 1 aromatic heterocycles. The van der Waals surface area contributed by atoms with E-state index in [1.165, 1.54) is 16.7 Å². The Balaban J connectivity index is 2.11. The fraction of sp³-hybridized carbons (Fsp3) is 0.467. The van der Waals surface area contributed by atoms with Crippen LogP contribution in [-0.4, -0.2) is 22.1 Å². The molecule has 1 heterocycles. The normalized spacial score (nSPS) is 10.7. The first-order valence-electron chi connectivity index (χ1n) is 6.67. The van der Waals surface area contributed by atoms with Gasteiger partial charge in [-0.15, -0.1) is 5.10 Å². The van der Waals surface area contributed by atoms with Gasteiger partial charge in [0, 0.05) is 12.7 Å². The van der Waals surface area contributed by atoms with Gasteiger partial charge in [0.25, 0.3) is 0 Å². The summed E-state index contributed by atoms with van der Waals surface area (Å²) in [7, 11) is 1.71. The zero-order valence-electron chi connectivity index (χ0n) is 12.1. The molecule has 0 aliphatic heterocycles. The first kappa shape index (κ1) is 13.6. The van der Waals surface area contributed by atoms with Crippen molar-refractivity contribution in [2.24, 2.45) is 0 Å². The number of methoxy groups -OCH3 is 1. The summed E-state index contributed by atoms with van der Waals surface area (Å²) in [5, 5.41) is 8.25. The summed E-state index contributed by atoms with van der Waals surface area (Å²) in [6.45, 7) is 7.20. The number of rotatable bonds is 5. The molecule has 0 atom stereocenters. The Morgan fingerprint density at radius 2 is 1.84 bits per heavy atom. The third-order valence-corrected chi connectivity index (χ3v) is 3.45. The molecule has 0 N–H and O–H groups in total. The summed E-state index contributed by atoms with van der Waals surface area (Å²) in [5.41, 5.74) is 4.99. The third kappa shape index (κ3) is 3.13. The van der Waals surface area contributed by atoms with Gasteiger partial charge in [-0.05, 0) is 62.4 Å². The van der Waals surface area contributed by atoms with Crippen LogP contribution in [0.1, 0.15) is 29.3 Å². The third-order valence-electron chi connectivity index (χ3n) is 3.45. The van der Waals surface area contributed by atoms with Gasteiger partial charge in [0.05, 0.1) is 12.8 Å². The molecule has 2 aromatic rings. The van der Waals surface area contributed by atoms with Crippen LogP contribution in [0.5, 0.6) is 5.75 Å². The van der Waals surface area contributed by atoms with Crippen molar-refractivity contribution < 1.29 is 4.74 Å². The van der Waals surface area contributed by atoms with Crippen LogP contribution in [0, 0.1) is 13.8 Å². The second-order valence-corrected chi connectivity index (χ2v) is 4.81. The zero-order chi connectivity index (χ0) is 13.8. The fourth-order valence-electron chi connectivity index (χ4n) is 2.33. The molecular weight excluding hydrogens is 238 g/mol. The van der Waals surface area contributed by atoms with E-state index in [2.05, 4.69) is 43.2 Å². The van der Waals surface area contributed by atoms with Crippen molar-refractivity contribution in [3.63, 3.8) is 0 Å². The summed E-state index contributed by atoms with van der Waals surface area (Å²) in [6, 6.07) is 4.18. The van der Waals surface area contributed by atoms with Gasteiger partial charge in [-0.1, -0.05) is 5.21 Å². The highest BCUT2D eigenvalue weighted by atomic mass is 16.5. The van der Waals surface area contributed by atoms with Crippen LogP contribution in [0.15, 0.2) is 18.3 Å². The highest BCUT2D eigenvalue weighted by Crippen LogP contribution is 2.22. The van der Waals surface area contributed by atoms with Crippen molar-refractivity contribution in [2.75, 3.05) is 7.11 Å². The molecule has 0 saturated carbocycles. The smallest absolute Gasteiger partial charge is 0.119 e. The Hall–Kier alpha value is -1.84. The minimum atomic E-state index is 0.869. The lowest BCUT2D eigenvalue weighted by Crippen LogP contribution is -1.99. The summed E-state index contributed by atoms with van der Waals surface area (Å²) >= 11 is 0. The molecular formula is C15H21N3O. The number of hydrogen-bond donors (Lipinski definition) is 0. The van der Waals surface area contributed by atoms with E-state index in [9.17, 15) is 0 Å². The Kier molecular flexibility index (Phi) is 4.20. The van der Waals surface area contributed by atoms with Gasteiger partial charge in [0.1, 0.15) is 5.75 Å². The molecule has 0 saturated heterocycles. The predicted octanol–water partition coefficient (Wildman–Crippen LogP) is 2.71. The molecule has 2 rings (SSSR count). The van der Waals surface area contributed by atoms with Crippen LogP contribution in [0.25, 0.3) is 0 Å². The van der Waals surface area contributed by atoms with E-state index in [0.717, 1.165) is 30.8 Å². The second kappa shape index (κ2) is 5.87. The van der Waals surface area contributed by atoms with Gasteiger partial charge < -0.3 is 4.74 Å². The molecule has 19 heavy (non-hydrogen) atoms. The fourth-order valence-corrected chi connectivity index (χ4v) is 2.33. The zero-order valence-corrected chi connectivity index (χ0v) is 12.1. The van der Waals surface area contributed by atoms with Crippen LogP contribution in [0.2, 0.25) is 0 Å². The Bertz CT molecular complexity index is 537. The average molecular weight is 259 g/mol. The van der Waals surface area contributed by atoms with Crippen molar-refractivity contribution in [1.29, 1.82) is 0 Å². The minimum absolute atomic E-state index is 0.869. The quantitative estimate of drug-likeness (QED) is 0.829. The summed E-state index contributed by atoms with van der Waals surface area (Å²) in [5.74, 6) is 0.927. The number of nitrogens with zero attached hydrogens (tertiary/aromatic N) is 3. The number of benzene rings is 1. The van der Waals surface area contributed by atoms with Crippen molar-refractivity contribution in [1.82, 2.24) is 15.0 Å². The Labute approximate surface area is 114 Å². The van der Waals surface area contributed by atoms with Crippen LogP contribution in [-0.2, 0) is 19.4 Å². The number of ether oxygens (including phenoxy) is 1. The molecule has 0 bridgehead atoms.